The van der Waals surface area contributed by atoms with Crippen molar-refractivity contribution in [1.82, 2.24) is 9.78 Å². The normalized spacial score (nSPS) is 11.1. The molecular weight excluding hydrogens is 394 g/mol. The fraction of sp³-hybridized carbons (Fsp3) is 0.250. The third-order valence-electron chi connectivity index (χ3n) is 4.85. The first kappa shape index (κ1) is 22.0. The lowest BCUT2D eigenvalue weighted by Crippen LogP contribution is -2.19. The fourth-order valence-corrected chi connectivity index (χ4v) is 3.07. The van der Waals surface area contributed by atoms with Gasteiger partial charge >= 0.3 is 5.97 Å². The van der Waals surface area contributed by atoms with Gasteiger partial charge in [0.05, 0.1) is 24.1 Å². The van der Waals surface area contributed by atoms with E-state index in [2.05, 4.69) is 10.4 Å². The molecule has 7 heteroatoms. The van der Waals surface area contributed by atoms with E-state index in [0.717, 1.165) is 5.69 Å². The minimum absolute atomic E-state index is 0.152. The Balaban J connectivity index is 1.98. The van der Waals surface area contributed by atoms with Crippen molar-refractivity contribution in [3.05, 3.63) is 82.7 Å². The summed E-state index contributed by atoms with van der Waals surface area (Å²) in [6.45, 7) is 6.02. The van der Waals surface area contributed by atoms with Crippen molar-refractivity contribution >= 4 is 23.3 Å². The zero-order valence-corrected chi connectivity index (χ0v) is 18.2. The second kappa shape index (κ2) is 8.55. The van der Waals surface area contributed by atoms with Gasteiger partial charge in [-0.25, -0.2) is 4.79 Å². The number of nitrogens with zero attached hydrogens (tertiary/aromatic N) is 2. The summed E-state index contributed by atoms with van der Waals surface area (Å²) in [5.74, 6) is -1.28. The minimum atomic E-state index is -0.616. The number of hydrogen-bond donors (Lipinski definition) is 1. The fourth-order valence-electron chi connectivity index (χ4n) is 3.07. The molecule has 2 aromatic carbocycles. The molecule has 31 heavy (non-hydrogen) atoms. The Kier molecular flexibility index (Phi) is 6.06. The molecule has 3 rings (SSSR count). The highest BCUT2D eigenvalue weighted by Crippen LogP contribution is 2.24. The number of benzene rings is 2. The quantitative estimate of drug-likeness (QED) is 0.499. The maximum absolute atomic E-state index is 13.0. The average Bonchev–Trinajstić information content (AvgIpc) is 3.15. The Bertz CT molecular complexity index is 1140. The van der Waals surface area contributed by atoms with Crippen molar-refractivity contribution in [2.75, 3.05) is 12.4 Å². The zero-order chi connectivity index (χ0) is 22.8. The van der Waals surface area contributed by atoms with Crippen LogP contribution in [-0.2, 0) is 17.2 Å². The van der Waals surface area contributed by atoms with E-state index >= 15 is 0 Å². The van der Waals surface area contributed by atoms with Crippen LogP contribution in [0.25, 0.3) is 0 Å². The number of rotatable bonds is 5. The first-order valence-electron chi connectivity index (χ1n) is 9.80. The van der Waals surface area contributed by atoms with Gasteiger partial charge in [0.2, 0.25) is 0 Å². The Labute approximate surface area is 181 Å². The van der Waals surface area contributed by atoms with Crippen molar-refractivity contribution in [2.24, 2.45) is 7.05 Å². The molecule has 7 nitrogen and oxygen atoms in total. The van der Waals surface area contributed by atoms with E-state index in [4.69, 9.17) is 4.74 Å². The van der Waals surface area contributed by atoms with Gasteiger partial charge in [0.15, 0.2) is 5.78 Å². The van der Waals surface area contributed by atoms with Crippen molar-refractivity contribution in [2.45, 2.75) is 26.2 Å². The molecule has 1 aromatic heterocycles. The third-order valence-corrected chi connectivity index (χ3v) is 4.85. The van der Waals surface area contributed by atoms with Crippen molar-refractivity contribution < 1.29 is 19.1 Å². The highest BCUT2D eigenvalue weighted by molar-refractivity contribution is 6.12. The Morgan fingerprint density at radius 2 is 1.65 bits per heavy atom. The molecule has 0 bridgehead atoms. The van der Waals surface area contributed by atoms with Crippen molar-refractivity contribution in [3.8, 4) is 0 Å². The Morgan fingerprint density at radius 1 is 0.968 bits per heavy atom. The summed E-state index contributed by atoms with van der Waals surface area (Å²) in [6, 6.07) is 15.0. The Hall–Kier alpha value is -3.74. The van der Waals surface area contributed by atoms with Gasteiger partial charge in [-0.15, -0.1) is 0 Å². The molecule has 0 unspecified atom stereocenters. The Morgan fingerprint density at radius 3 is 2.23 bits per heavy atom. The van der Waals surface area contributed by atoms with Gasteiger partial charge in [0.1, 0.15) is 5.69 Å². The molecule has 0 saturated carbocycles. The summed E-state index contributed by atoms with van der Waals surface area (Å²) in [6.07, 6.45) is 0. The molecule has 160 valence electrons. The van der Waals surface area contributed by atoms with Crippen LogP contribution in [0.1, 0.15) is 63.2 Å². The van der Waals surface area contributed by atoms with Crippen molar-refractivity contribution in [1.29, 1.82) is 0 Å². The minimum Gasteiger partial charge on any atom is -0.465 e. The summed E-state index contributed by atoms with van der Waals surface area (Å²) in [5.41, 5.74) is 2.06. The highest BCUT2D eigenvalue weighted by Gasteiger charge is 2.23. The van der Waals surface area contributed by atoms with Gasteiger partial charge < -0.3 is 10.1 Å². The molecule has 1 heterocycles. The predicted molar refractivity (Wildman–Crippen MR) is 118 cm³/mol. The van der Waals surface area contributed by atoms with Crippen LogP contribution in [0.3, 0.4) is 0 Å². The third kappa shape index (κ3) is 4.71. The van der Waals surface area contributed by atoms with E-state index in [1.165, 1.54) is 23.9 Å². The van der Waals surface area contributed by atoms with E-state index in [1.807, 2.05) is 26.8 Å². The number of aryl methyl sites for hydroxylation is 1. The van der Waals surface area contributed by atoms with E-state index in [0.29, 0.717) is 16.8 Å². The van der Waals surface area contributed by atoms with Crippen LogP contribution in [-0.4, -0.2) is 34.6 Å². The number of amides is 1. The number of methoxy groups -OCH3 is 1. The molecule has 0 aliphatic rings. The van der Waals surface area contributed by atoms with Gasteiger partial charge in [0.25, 0.3) is 5.91 Å². The summed E-state index contributed by atoms with van der Waals surface area (Å²) in [4.78, 5) is 38.0. The lowest BCUT2D eigenvalue weighted by molar-refractivity contribution is 0.0601. The highest BCUT2D eigenvalue weighted by atomic mass is 16.5. The van der Waals surface area contributed by atoms with Crippen LogP contribution in [0.5, 0.6) is 0 Å². The molecule has 0 spiro atoms. The molecule has 1 amide bonds. The SMILES string of the molecule is COC(=O)c1ccc(C(=O)c2ccccc2)cc1NC(=O)c1cc(C(C)(C)C)nn1C. The number of aromatic nitrogens is 2. The molecule has 1 N–H and O–H groups in total. The number of carbonyl (C=O) groups is 3. The molecule has 0 aliphatic carbocycles. The van der Waals surface area contributed by atoms with Gasteiger partial charge in [-0.3, -0.25) is 14.3 Å². The van der Waals surface area contributed by atoms with E-state index < -0.39 is 11.9 Å². The second-order valence-corrected chi connectivity index (χ2v) is 8.19. The summed E-state index contributed by atoms with van der Waals surface area (Å²) >= 11 is 0. The number of anilines is 1. The lowest BCUT2D eigenvalue weighted by atomic mass is 9.92. The molecule has 0 saturated heterocycles. The molecular formula is C24H25N3O4. The summed E-state index contributed by atoms with van der Waals surface area (Å²) in [7, 11) is 2.94. The first-order chi connectivity index (χ1) is 14.6. The number of ketones is 1. The van der Waals surface area contributed by atoms with Gasteiger partial charge in [-0.05, 0) is 18.2 Å². The monoisotopic (exact) mass is 419 g/mol. The topological polar surface area (TPSA) is 90.3 Å². The van der Waals surface area contributed by atoms with Crippen LogP contribution < -0.4 is 5.32 Å². The average molecular weight is 419 g/mol. The molecule has 3 aromatic rings. The van der Waals surface area contributed by atoms with Crippen LogP contribution in [0.4, 0.5) is 5.69 Å². The van der Waals surface area contributed by atoms with E-state index in [1.54, 1.807) is 43.4 Å². The van der Waals surface area contributed by atoms with Gasteiger partial charge in [-0.2, -0.15) is 5.10 Å². The number of esters is 1. The number of nitrogens with one attached hydrogen (secondary N) is 1. The molecule has 0 atom stereocenters. The maximum atomic E-state index is 13.0. The van der Waals surface area contributed by atoms with Gasteiger partial charge in [-0.1, -0.05) is 57.2 Å². The van der Waals surface area contributed by atoms with E-state index in [-0.39, 0.29) is 22.4 Å². The van der Waals surface area contributed by atoms with E-state index in [9.17, 15) is 14.4 Å². The first-order valence-corrected chi connectivity index (χ1v) is 9.80. The van der Waals surface area contributed by atoms with Crippen LogP contribution in [0.2, 0.25) is 0 Å². The zero-order valence-electron chi connectivity index (χ0n) is 18.2. The summed E-state index contributed by atoms with van der Waals surface area (Å²) in [5, 5.41) is 7.16. The van der Waals surface area contributed by atoms with Crippen LogP contribution in [0, 0.1) is 0 Å². The molecule has 0 fully saturated rings. The lowest BCUT2D eigenvalue weighted by Gasteiger charge is -2.13. The molecule has 0 aliphatic heterocycles. The van der Waals surface area contributed by atoms with Crippen LogP contribution >= 0.6 is 0 Å². The molecule has 0 radical (unpaired) electrons. The standard InChI is InChI=1S/C24H25N3O4/c1-24(2,3)20-14-19(27(4)26-20)22(29)25-18-13-16(11-12-17(18)23(30)31-5)21(28)15-9-7-6-8-10-15/h6-14H,1-5H3,(H,25,29). The summed E-state index contributed by atoms with van der Waals surface area (Å²) < 4.78 is 6.32. The smallest absolute Gasteiger partial charge is 0.339 e. The number of hydrogen-bond acceptors (Lipinski definition) is 5. The predicted octanol–water partition coefficient (Wildman–Crippen LogP) is 3.99. The number of ether oxygens (including phenoxy) is 1. The van der Waals surface area contributed by atoms with Crippen molar-refractivity contribution in [3.63, 3.8) is 0 Å². The van der Waals surface area contributed by atoms with Gasteiger partial charge in [0, 0.05) is 23.6 Å². The van der Waals surface area contributed by atoms with Crippen LogP contribution in [0.15, 0.2) is 54.6 Å². The largest absolute Gasteiger partial charge is 0.465 e. The second-order valence-electron chi connectivity index (χ2n) is 8.19. The number of carbonyl (C=O) groups excluding carboxylic acids is 3. The maximum Gasteiger partial charge on any atom is 0.339 e.